The number of benzene rings is 1. The Balaban J connectivity index is 2.36. The number of hydrogen-bond acceptors (Lipinski definition) is 2. The summed E-state index contributed by atoms with van der Waals surface area (Å²) in [5, 5.41) is 4.57. The van der Waals surface area contributed by atoms with E-state index in [1.54, 1.807) is 13.1 Å². The maximum absolute atomic E-state index is 12.8. The Morgan fingerprint density at radius 1 is 1.27 bits per heavy atom. The number of nitrogens with zero attached hydrogens (tertiary/aromatic N) is 2. The minimum Gasteiger partial charge on any atom is -0.434 e. The van der Waals surface area contributed by atoms with Crippen molar-refractivity contribution in [1.82, 2.24) is 9.78 Å². The predicted octanol–water partition coefficient (Wildman–Crippen LogP) is 5.79. The van der Waals surface area contributed by atoms with Crippen LogP contribution in [0.3, 0.4) is 0 Å². The Labute approximate surface area is 152 Å². The van der Waals surface area contributed by atoms with Crippen LogP contribution in [0.4, 0.5) is 22.0 Å². The lowest BCUT2D eigenvalue weighted by Gasteiger charge is -2.14. The van der Waals surface area contributed by atoms with Crippen LogP contribution >= 0.6 is 11.6 Å². The fourth-order valence-electron chi connectivity index (χ4n) is 2.68. The van der Waals surface area contributed by atoms with Crippen LogP contribution in [0.1, 0.15) is 31.0 Å². The Hall–Kier alpha value is -1.83. The van der Waals surface area contributed by atoms with Crippen molar-refractivity contribution in [2.24, 2.45) is 7.05 Å². The number of alkyl halides is 5. The Bertz CT molecular complexity index is 758. The molecule has 0 fully saturated rings. The zero-order chi connectivity index (χ0) is 19.5. The van der Waals surface area contributed by atoms with Gasteiger partial charge in [0, 0.05) is 19.0 Å². The van der Waals surface area contributed by atoms with E-state index in [4.69, 9.17) is 11.6 Å². The normalized spacial score (nSPS) is 12.0. The van der Waals surface area contributed by atoms with Crippen LogP contribution in [-0.4, -0.2) is 22.6 Å². The van der Waals surface area contributed by atoms with Gasteiger partial charge >= 0.3 is 12.8 Å². The van der Waals surface area contributed by atoms with Gasteiger partial charge in [-0.2, -0.15) is 27.1 Å². The molecule has 2 rings (SSSR count). The molecule has 0 radical (unpaired) electrons. The van der Waals surface area contributed by atoms with E-state index >= 15 is 0 Å². The second kappa shape index (κ2) is 8.24. The SMILES string of the molecule is CCc1nn(C)c(-c2ccc(CCCC(F)(F)F)cc2OC(F)F)c1Cl. The maximum Gasteiger partial charge on any atom is 0.389 e. The molecule has 0 N–H and O–H groups in total. The van der Waals surface area contributed by atoms with Gasteiger partial charge in [-0.25, -0.2) is 0 Å². The minimum absolute atomic E-state index is 0.0959. The number of aromatic nitrogens is 2. The number of halogens is 6. The standard InChI is InChI=1S/C17H18ClF5N2O/c1-3-12-14(18)15(25(2)24-12)11-7-6-10(5-4-8-17(21,22)23)9-13(11)26-16(19)20/h6-7,9,16H,3-5,8H2,1-2H3. The Kier molecular flexibility index (Phi) is 6.49. The third-order valence-corrected chi connectivity index (χ3v) is 4.23. The molecule has 0 amide bonds. The summed E-state index contributed by atoms with van der Waals surface area (Å²) in [4.78, 5) is 0. The highest BCUT2D eigenvalue weighted by Gasteiger charge is 2.26. The predicted molar refractivity (Wildman–Crippen MR) is 88.7 cm³/mol. The van der Waals surface area contributed by atoms with E-state index in [-0.39, 0.29) is 18.6 Å². The summed E-state index contributed by atoms with van der Waals surface area (Å²) < 4.78 is 68.5. The summed E-state index contributed by atoms with van der Waals surface area (Å²) in [6, 6.07) is 4.43. The van der Waals surface area contributed by atoms with Crippen LogP contribution < -0.4 is 4.74 Å². The molecule has 0 aliphatic carbocycles. The average Bonchev–Trinajstić information content (AvgIpc) is 2.80. The average molecular weight is 397 g/mol. The van der Waals surface area contributed by atoms with E-state index in [2.05, 4.69) is 9.84 Å². The van der Waals surface area contributed by atoms with Gasteiger partial charge in [-0.15, -0.1) is 0 Å². The summed E-state index contributed by atoms with van der Waals surface area (Å²) in [5.74, 6) is -0.142. The highest BCUT2D eigenvalue weighted by molar-refractivity contribution is 6.33. The first-order valence-electron chi connectivity index (χ1n) is 7.98. The van der Waals surface area contributed by atoms with Crippen LogP contribution in [0.5, 0.6) is 5.75 Å². The first-order chi connectivity index (χ1) is 12.1. The molecular weight excluding hydrogens is 379 g/mol. The molecule has 2 aromatic rings. The molecule has 0 aliphatic rings. The van der Waals surface area contributed by atoms with Crippen molar-refractivity contribution in [3.8, 4) is 17.0 Å². The minimum atomic E-state index is -4.25. The lowest BCUT2D eigenvalue weighted by Crippen LogP contribution is -2.08. The van der Waals surface area contributed by atoms with Crippen molar-refractivity contribution in [2.45, 2.75) is 45.4 Å². The van der Waals surface area contributed by atoms with Crippen molar-refractivity contribution in [2.75, 3.05) is 0 Å². The smallest absolute Gasteiger partial charge is 0.389 e. The van der Waals surface area contributed by atoms with Gasteiger partial charge in [-0.3, -0.25) is 4.68 Å². The Morgan fingerprint density at radius 3 is 2.50 bits per heavy atom. The molecule has 144 valence electrons. The van der Waals surface area contributed by atoms with Gasteiger partial charge < -0.3 is 4.74 Å². The van der Waals surface area contributed by atoms with Crippen LogP contribution in [0, 0.1) is 0 Å². The van der Waals surface area contributed by atoms with Crippen LogP contribution in [0.25, 0.3) is 11.3 Å². The highest BCUT2D eigenvalue weighted by Crippen LogP contribution is 2.38. The van der Waals surface area contributed by atoms with Gasteiger partial charge in [-0.05, 0) is 37.0 Å². The van der Waals surface area contributed by atoms with Crippen LogP contribution in [0.2, 0.25) is 5.02 Å². The molecule has 0 atom stereocenters. The molecule has 9 heteroatoms. The van der Waals surface area contributed by atoms with Crippen molar-refractivity contribution in [3.63, 3.8) is 0 Å². The zero-order valence-electron chi connectivity index (χ0n) is 14.2. The summed E-state index contributed by atoms with van der Waals surface area (Å²) in [6.07, 6.45) is -4.66. The van der Waals surface area contributed by atoms with E-state index in [0.717, 1.165) is 0 Å². The Morgan fingerprint density at radius 2 is 1.96 bits per heavy atom. The summed E-state index contributed by atoms with van der Waals surface area (Å²) in [7, 11) is 1.63. The molecule has 26 heavy (non-hydrogen) atoms. The van der Waals surface area contributed by atoms with Gasteiger partial charge in [0.1, 0.15) is 5.75 Å². The lowest BCUT2D eigenvalue weighted by molar-refractivity contribution is -0.135. The van der Waals surface area contributed by atoms with Gasteiger partial charge in [0.05, 0.1) is 16.4 Å². The van der Waals surface area contributed by atoms with E-state index in [0.29, 0.717) is 34.0 Å². The third-order valence-electron chi connectivity index (χ3n) is 3.83. The maximum atomic E-state index is 12.8. The van der Waals surface area contributed by atoms with Gasteiger partial charge in [0.25, 0.3) is 0 Å². The first-order valence-corrected chi connectivity index (χ1v) is 8.36. The van der Waals surface area contributed by atoms with E-state index < -0.39 is 19.2 Å². The third kappa shape index (κ3) is 5.09. The molecule has 0 unspecified atom stereocenters. The molecule has 1 aromatic heterocycles. The van der Waals surface area contributed by atoms with Crippen molar-refractivity contribution < 1.29 is 26.7 Å². The number of aryl methyl sites for hydroxylation is 3. The number of hydrogen-bond donors (Lipinski definition) is 0. The summed E-state index contributed by atoms with van der Waals surface area (Å²) >= 11 is 6.29. The molecule has 0 aliphatic heterocycles. The van der Waals surface area contributed by atoms with E-state index in [9.17, 15) is 22.0 Å². The molecule has 0 saturated carbocycles. The van der Waals surface area contributed by atoms with Crippen molar-refractivity contribution >= 4 is 11.6 Å². The second-order valence-electron chi connectivity index (χ2n) is 5.76. The highest BCUT2D eigenvalue weighted by atomic mass is 35.5. The van der Waals surface area contributed by atoms with Gasteiger partial charge in [-0.1, -0.05) is 24.6 Å². The number of rotatable bonds is 7. The fraction of sp³-hybridized carbons (Fsp3) is 0.471. The largest absolute Gasteiger partial charge is 0.434 e. The molecule has 0 saturated heterocycles. The first kappa shape index (κ1) is 20.5. The molecular formula is C17H18ClF5N2O. The van der Waals surface area contributed by atoms with E-state index in [1.165, 1.54) is 16.8 Å². The van der Waals surface area contributed by atoms with Crippen LogP contribution in [0.15, 0.2) is 18.2 Å². The van der Waals surface area contributed by atoms with Crippen molar-refractivity contribution in [3.05, 3.63) is 34.5 Å². The second-order valence-corrected chi connectivity index (χ2v) is 6.14. The van der Waals surface area contributed by atoms with E-state index in [1.807, 2.05) is 6.92 Å². The molecule has 0 bridgehead atoms. The van der Waals surface area contributed by atoms with Gasteiger partial charge in [0.2, 0.25) is 0 Å². The topological polar surface area (TPSA) is 27.1 Å². The molecule has 3 nitrogen and oxygen atoms in total. The number of ether oxygens (including phenoxy) is 1. The zero-order valence-corrected chi connectivity index (χ0v) is 15.0. The molecule has 0 spiro atoms. The van der Waals surface area contributed by atoms with Crippen molar-refractivity contribution in [1.29, 1.82) is 0 Å². The molecule has 1 aromatic carbocycles. The van der Waals surface area contributed by atoms with Gasteiger partial charge in [0.15, 0.2) is 0 Å². The summed E-state index contributed by atoms with van der Waals surface area (Å²) in [5.41, 5.74) is 1.81. The van der Waals surface area contributed by atoms with Crippen LogP contribution in [-0.2, 0) is 19.9 Å². The molecule has 1 heterocycles. The quantitative estimate of drug-likeness (QED) is 0.554. The summed E-state index contributed by atoms with van der Waals surface area (Å²) in [6.45, 7) is -1.21. The lowest BCUT2D eigenvalue weighted by atomic mass is 10.0. The monoisotopic (exact) mass is 396 g/mol. The fourth-order valence-corrected chi connectivity index (χ4v) is 3.07.